The van der Waals surface area contributed by atoms with Crippen molar-refractivity contribution in [2.45, 2.75) is 10.6 Å². The van der Waals surface area contributed by atoms with Crippen LogP contribution in [0.4, 0.5) is 0 Å². The van der Waals surface area contributed by atoms with Crippen LogP contribution in [-0.4, -0.2) is 23.6 Å². The van der Waals surface area contributed by atoms with Gasteiger partial charge in [-0.1, -0.05) is 30.3 Å². The number of aromatic carboxylic acids is 1. The lowest BCUT2D eigenvalue weighted by molar-refractivity contribution is -0.119. The predicted octanol–water partition coefficient (Wildman–Crippen LogP) is 3.80. The summed E-state index contributed by atoms with van der Waals surface area (Å²) >= 11 is 1.51. The molecule has 0 bridgehead atoms. The summed E-state index contributed by atoms with van der Waals surface area (Å²) in [7, 11) is 0. The number of benzene rings is 2. The number of carbonyl (C=O) groups is 2. The molecule has 138 valence electrons. The van der Waals surface area contributed by atoms with Gasteiger partial charge in [0.05, 0.1) is 12.5 Å². The Morgan fingerprint density at radius 2 is 1.89 bits per heavy atom. The van der Waals surface area contributed by atoms with Crippen LogP contribution in [0.25, 0.3) is 11.1 Å². The first-order valence-corrected chi connectivity index (χ1v) is 9.05. The van der Waals surface area contributed by atoms with Crippen LogP contribution in [0.5, 0.6) is 5.75 Å². The maximum atomic E-state index is 12.0. The van der Waals surface area contributed by atoms with Crippen LogP contribution < -0.4 is 10.5 Å². The Balaban J connectivity index is 2.01. The Morgan fingerprint density at radius 3 is 2.52 bits per heavy atom. The molecule has 1 heterocycles. The number of hydrogen-bond acceptors (Lipinski definition) is 5. The summed E-state index contributed by atoms with van der Waals surface area (Å²) in [5.74, 6) is -1.28. The Kier molecular flexibility index (Phi) is 5.83. The Bertz CT molecular complexity index is 939. The number of nitrogens with two attached hydrogens (primary N) is 1. The number of carboxylic acid groups (broad SMARTS) is 1. The highest BCUT2D eigenvalue weighted by Crippen LogP contribution is 2.37. The number of furan rings is 1. The maximum Gasteiger partial charge on any atom is 0.339 e. The quantitative estimate of drug-likeness (QED) is 0.574. The number of ether oxygens (including phenoxy) is 1. The number of hydrogen-bond donors (Lipinski definition) is 2. The molecule has 0 saturated carbocycles. The van der Waals surface area contributed by atoms with E-state index < -0.39 is 18.5 Å². The summed E-state index contributed by atoms with van der Waals surface area (Å²) in [5.41, 5.74) is 6.95. The van der Waals surface area contributed by atoms with Gasteiger partial charge in [-0.3, -0.25) is 4.79 Å². The molecule has 0 radical (unpaired) electrons. The minimum Gasteiger partial charge on any atom is -0.482 e. The third kappa shape index (κ3) is 4.51. The molecule has 0 aliphatic rings. The molecule has 3 aromatic rings. The highest BCUT2D eigenvalue weighted by Gasteiger charge is 2.22. The highest BCUT2D eigenvalue weighted by molar-refractivity contribution is 7.98. The monoisotopic (exact) mass is 383 g/mol. The number of amides is 1. The molecule has 0 aliphatic heterocycles. The van der Waals surface area contributed by atoms with Gasteiger partial charge >= 0.3 is 5.97 Å². The van der Waals surface area contributed by atoms with E-state index in [-0.39, 0.29) is 11.3 Å². The summed E-state index contributed by atoms with van der Waals surface area (Å²) in [6.07, 6.45) is 2.96. The van der Waals surface area contributed by atoms with E-state index >= 15 is 0 Å². The van der Waals surface area contributed by atoms with Gasteiger partial charge < -0.3 is 20.0 Å². The summed E-state index contributed by atoms with van der Waals surface area (Å²) in [4.78, 5) is 24.2. The fourth-order valence-electron chi connectivity index (χ4n) is 2.59. The fraction of sp³-hybridized carbons (Fsp3) is 0.100. The zero-order chi connectivity index (χ0) is 19.2. The SMILES string of the molecule is NC(=O)COc1c(-c2ccoc2)ccc(CSc2ccccc2)c1C(=O)O. The molecule has 0 fully saturated rings. The molecule has 0 saturated heterocycles. The zero-order valence-corrected chi connectivity index (χ0v) is 15.1. The standard InChI is InChI=1S/C20H17NO5S/c21-17(22)11-26-19-16(13-8-9-25-10-13)7-6-14(18(19)20(23)24)12-27-15-4-2-1-3-5-15/h1-10H,11-12H2,(H2,21,22)(H,23,24). The minimum absolute atomic E-state index is 0.0124. The molecule has 7 heteroatoms. The van der Waals surface area contributed by atoms with Crippen LogP contribution in [-0.2, 0) is 10.5 Å². The van der Waals surface area contributed by atoms with Gasteiger partial charge in [0.2, 0.25) is 0 Å². The highest BCUT2D eigenvalue weighted by atomic mass is 32.2. The van der Waals surface area contributed by atoms with E-state index in [1.54, 1.807) is 18.2 Å². The summed E-state index contributed by atoms with van der Waals surface area (Å²) in [6, 6.07) is 14.9. The molecule has 6 nitrogen and oxygen atoms in total. The van der Waals surface area contributed by atoms with Crippen molar-refractivity contribution in [3.05, 3.63) is 72.2 Å². The van der Waals surface area contributed by atoms with Crippen LogP contribution in [0.15, 0.2) is 70.4 Å². The Hall–Kier alpha value is -3.19. The lowest BCUT2D eigenvalue weighted by Gasteiger charge is -2.16. The summed E-state index contributed by atoms with van der Waals surface area (Å²) < 4.78 is 10.6. The smallest absolute Gasteiger partial charge is 0.339 e. The molecule has 0 unspecified atom stereocenters. The first kappa shape index (κ1) is 18.6. The van der Waals surface area contributed by atoms with Gasteiger partial charge in [-0.05, 0) is 23.8 Å². The van der Waals surface area contributed by atoms with E-state index in [1.807, 2.05) is 30.3 Å². The van der Waals surface area contributed by atoms with Crippen molar-refractivity contribution in [2.75, 3.05) is 6.61 Å². The molecule has 0 spiro atoms. The van der Waals surface area contributed by atoms with Gasteiger partial charge in [0, 0.05) is 21.8 Å². The summed E-state index contributed by atoms with van der Waals surface area (Å²) in [5, 5.41) is 9.80. The molecular weight excluding hydrogens is 366 g/mol. The zero-order valence-electron chi connectivity index (χ0n) is 14.3. The maximum absolute atomic E-state index is 12.0. The van der Waals surface area contributed by atoms with Gasteiger partial charge in [0.15, 0.2) is 6.61 Å². The largest absolute Gasteiger partial charge is 0.482 e. The van der Waals surface area contributed by atoms with Crippen molar-refractivity contribution in [1.82, 2.24) is 0 Å². The first-order chi connectivity index (χ1) is 13.1. The van der Waals surface area contributed by atoms with Gasteiger partial charge in [-0.25, -0.2) is 4.79 Å². The van der Waals surface area contributed by atoms with E-state index in [0.29, 0.717) is 22.4 Å². The van der Waals surface area contributed by atoms with Crippen molar-refractivity contribution in [3.8, 4) is 16.9 Å². The second-order valence-corrected chi connectivity index (χ2v) is 6.70. The number of primary amides is 1. The third-order valence-corrected chi connectivity index (χ3v) is 4.85. The van der Waals surface area contributed by atoms with Gasteiger partial charge in [0.1, 0.15) is 11.3 Å². The summed E-state index contributed by atoms with van der Waals surface area (Å²) in [6.45, 7) is -0.416. The molecule has 1 aromatic heterocycles. The number of carbonyl (C=O) groups excluding carboxylic acids is 1. The van der Waals surface area contributed by atoms with Crippen molar-refractivity contribution in [1.29, 1.82) is 0 Å². The van der Waals surface area contributed by atoms with Crippen LogP contribution in [0.1, 0.15) is 15.9 Å². The van der Waals surface area contributed by atoms with Gasteiger partial charge in [0.25, 0.3) is 5.91 Å². The molecule has 2 aromatic carbocycles. The van der Waals surface area contributed by atoms with Crippen LogP contribution in [0, 0.1) is 0 Å². The van der Waals surface area contributed by atoms with Crippen LogP contribution >= 0.6 is 11.8 Å². The molecule has 0 aliphatic carbocycles. The molecule has 0 atom stereocenters. The van der Waals surface area contributed by atoms with Gasteiger partial charge in [-0.2, -0.15) is 0 Å². The van der Waals surface area contributed by atoms with Crippen LogP contribution in [0.3, 0.4) is 0 Å². The van der Waals surface area contributed by atoms with Crippen molar-refractivity contribution in [3.63, 3.8) is 0 Å². The first-order valence-electron chi connectivity index (χ1n) is 8.07. The average Bonchev–Trinajstić information content (AvgIpc) is 3.19. The molecule has 3 N–H and O–H groups in total. The van der Waals surface area contributed by atoms with E-state index in [4.69, 9.17) is 14.9 Å². The minimum atomic E-state index is -1.14. The third-order valence-electron chi connectivity index (χ3n) is 3.79. The molecule has 3 rings (SSSR count). The van der Waals surface area contributed by atoms with E-state index in [9.17, 15) is 14.7 Å². The predicted molar refractivity (Wildman–Crippen MR) is 102 cm³/mol. The topological polar surface area (TPSA) is 103 Å². The van der Waals surface area contributed by atoms with E-state index in [0.717, 1.165) is 4.90 Å². The fourth-order valence-corrected chi connectivity index (χ4v) is 3.51. The molecule has 27 heavy (non-hydrogen) atoms. The number of rotatable bonds is 8. The lowest BCUT2D eigenvalue weighted by atomic mass is 9.99. The van der Waals surface area contributed by atoms with Crippen molar-refractivity contribution in [2.24, 2.45) is 5.73 Å². The Morgan fingerprint density at radius 1 is 1.11 bits per heavy atom. The molecular formula is C20H17NO5S. The second-order valence-electron chi connectivity index (χ2n) is 5.65. The van der Waals surface area contributed by atoms with Crippen LogP contribution in [0.2, 0.25) is 0 Å². The van der Waals surface area contributed by atoms with E-state index in [2.05, 4.69) is 0 Å². The van der Waals surface area contributed by atoms with Crippen molar-refractivity contribution < 1.29 is 23.8 Å². The lowest BCUT2D eigenvalue weighted by Crippen LogP contribution is -2.21. The average molecular weight is 383 g/mol. The Labute approximate surface area is 159 Å². The molecule has 1 amide bonds. The normalized spacial score (nSPS) is 10.5. The van der Waals surface area contributed by atoms with Gasteiger partial charge in [-0.15, -0.1) is 11.8 Å². The number of carboxylic acids is 1. The second kappa shape index (κ2) is 8.46. The number of thioether (sulfide) groups is 1. The van der Waals surface area contributed by atoms with E-state index in [1.165, 1.54) is 24.3 Å². The van der Waals surface area contributed by atoms with Crippen molar-refractivity contribution >= 4 is 23.6 Å².